The number of carbonyl (C=O) groups excluding carboxylic acids is 2. The van der Waals surface area contributed by atoms with E-state index in [0.29, 0.717) is 22.8 Å². The molecule has 3 rings (SSSR count). The van der Waals surface area contributed by atoms with Gasteiger partial charge in [-0.15, -0.1) is 11.8 Å². The van der Waals surface area contributed by atoms with Crippen LogP contribution in [0.15, 0.2) is 53.4 Å². The van der Waals surface area contributed by atoms with Crippen LogP contribution in [0.4, 0.5) is 5.69 Å². The Hall–Kier alpha value is -2.53. The summed E-state index contributed by atoms with van der Waals surface area (Å²) in [5, 5.41) is 0.187. The normalized spacial score (nSPS) is 14.5. The second kappa shape index (κ2) is 8.01. The molecular weight excluding hydrogens is 358 g/mol. The van der Waals surface area contributed by atoms with E-state index in [0.717, 1.165) is 16.9 Å². The number of aryl methyl sites for hydroxylation is 1. The molecule has 0 radical (unpaired) electrons. The predicted octanol–water partition coefficient (Wildman–Crippen LogP) is 4.82. The van der Waals surface area contributed by atoms with E-state index in [1.54, 1.807) is 0 Å². The van der Waals surface area contributed by atoms with Gasteiger partial charge in [-0.3, -0.25) is 9.59 Å². The highest BCUT2D eigenvalue weighted by atomic mass is 32.2. The highest BCUT2D eigenvalue weighted by Gasteiger charge is 2.40. The summed E-state index contributed by atoms with van der Waals surface area (Å²) in [6.45, 7) is 8.50. The smallest absolute Gasteiger partial charge is 0.272 e. The standard InChI is InChI=1S/C22H23NO3S/c1-5-26-18-12-8-16(9-13-18)19-20(27-14(2)3)22(25)23(21(19)24)17-10-6-15(4)7-11-17/h6-14H,5H2,1-4H3. The molecule has 0 fully saturated rings. The van der Waals surface area contributed by atoms with Crippen molar-refractivity contribution in [1.29, 1.82) is 0 Å². The largest absolute Gasteiger partial charge is 0.494 e. The molecule has 1 aliphatic heterocycles. The minimum atomic E-state index is -0.281. The number of nitrogens with zero attached hydrogens (tertiary/aromatic N) is 1. The number of amides is 2. The number of anilines is 1. The van der Waals surface area contributed by atoms with E-state index in [1.165, 1.54) is 16.7 Å². The van der Waals surface area contributed by atoms with Gasteiger partial charge >= 0.3 is 0 Å². The second-order valence-corrected chi connectivity index (χ2v) is 8.20. The number of benzene rings is 2. The zero-order valence-electron chi connectivity index (χ0n) is 16.0. The molecule has 5 heteroatoms. The first kappa shape index (κ1) is 19.2. The topological polar surface area (TPSA) is 46.6 Å². The molecule has 0 unspecified atom stereocenters. The van der Waals surface area contributed by atoms with Crippen molar-refractivity contribution in [3.05, 3.63) is 64.6 Å². The Labute approximate surface area is 164 Å². The van der Waals surface area contributed by atoms with Crippen LogP contribution in [0, 0.1) is 6.92 Å². The lowest BCUT2D eigenvalue weighted by molar-refractivity contribution is -0.119. The summed E-state index contributed by atoms with van der Waals surface area (Å²) < 4.78 is 5.48. The van der Waals surface area contributed by atoms with Crippen LogP contribution in [0.1, 0.15) is 31.9 Å². The first-order valence-corrected chi connectivity index (χ1v) is 9.90. The summed E-state index contributed by atoms with van der Waals surface area (Å²) in [4.78, 5) is 28.1. The summed E-state index contributed by atoms with van der Waals surface area (Å²) in [6.07, 6.45) is 0. The van der Waals surface area contributed by atoms with Crippen LogP contribution in [-0.2, 0) is 9.59 Å². The Bertz CT molecular complexity index is 883. The maximum Gasteiger partial charge on any atom is 0.272 e. The van der Waals surface area contributed by atoms with Crippen molar-refractivity contribution in [2.24, 2.45) is 0 Å². The van der Waals surface area contributed by atoms with Crippen LogP contribution in [0.2, 0.25) is 0 Å². The predicted molar refractivity (Wildman–Crippen MR) is 111 cm³/mol. The average Bonchev–Trinajstić information content (AvgIpc) is 2.87. The van der Waals surface area contributed by atoms with Crippen LogP contribution < -0.4 is 9.64 Å². The lowest BCUT2D eigenvalue weighted by Gasteiger charge is -2.15. The fraction of sp³-hybridized carbons (Fsp3) is 0.273. The van der Waals surface area contributed by atoms with E-state index in [9.17, 15) is 9.59 Å². The zero-order chi connectivity index (χ0) is 19.6. The van der Waals surface area contributed by atoms with Gasteiger partial charge in [-0.25, -0.2) is 4.90 Å². The van der Waals surface area contributed by atoms with Gasteiger partial charge in [0, 0.05) is 5.25 Å². The average molecular weight is 381 g/mol. The number of hydrogen-bond acceptors (Lipinski definition) is 4. The maximum absolute atomic E-state index is 13.2. The van der Waals surface area contributed by atoms with Gasteiger partial charge in [0.15, 0.2) is 0 Å². The van der Waals surface area contributed by atoms with Crippen molar-refractivity contribution >= 4 is 34.8 Å². The molecule has 1 aliphatic rings. The molecule has 0 aliphatic carbocycles. The van der Waals surface area contributed by atoms with E-state index < -0.39 is 0 Å². The van der Waals surface area contributed by atoms with E-state index in [-0.39, 0.29) is 17.1 Å². The van der Waals surface area contributed by atoms with Gasteiger partial charge in [-0.2, -0.15) is 0 Å². The number of hydrogen-bond donors (Lipinski definition) is 0. The molecular formula is C22H23NO3S. The van der Waals surface area contributed by atoms with Crippen molar-refractivity contribution in [2.75, 3.05) is 11.5 Å². The van der Waals surface area contributed by atoms with Crippen LogP contribution in [0.5, 0.6) is 5.75 Å². The van der Waals surface area contributed by atoms with Gasteiger partial charge in [-0.05, 0) is 43.7 Å². The molecule has 0 saturated carbocycles. The summed E-state index contributed by atoms with van der Waals surface area (Å²) in [5.41, 5.74) is 2.87. The Kier molecular flexibility index (Phi) is 5.71. The molecule has 1 heterocycles. The first-order chi connectivity index (χ1) is 12.9. The SMILES string of the molecule is CCOc1ccc(C2=C(SC(C)C)C(=O)N(c3ccc(C)cc3)C2=O)cc1. The molecule has 2 amide bonds. The molecule has 0 atom stereocenters. The molecule has 0 aromatic heterocycles. The highest BCUT2D eigenvalue weighted by Crippen LogP contribution is 2.40. The third-order valence-electron chi connectivity index (χ3n) is 4.14. The minimum absolute atomic E-state index is 0.187. The Morgan fingerprint density at radius 3 is 2.15 bits per heavy atom. The molecule has 4 nitrogen and oxygen atoms in total. The van der Waals surface area contributed by atoms with E-state index in [2.05, 4.69) is 0 Å². The highest BCUT2D eigenvalue weighted by molar-refractivity contribution is 8.04. The first-order valence-electron chi connectivity index (χ1n) is 9.02. The van der Waals surface area contributed by atoms with Gasteiger partial charge in [0.25, 0.3) is 11.8 Å². The molecule has 0 N–H and O–H groups in total. The van der Waals surface area contributed by atoms with Crippen molar-refractivity contribution in [2.45, 2.75) is 32.9 Å². The lowest BCUT2D eigenvalue weighted by atomic mass is 10.1. The summed E-state index contributed by atoms with van der Waals surface area (Å²) in [6, 6.07) is 14.8. The third kappa shape index (κ3) is 3.93. The van der Waals surface area contributed by atoms with Gasteiger partial charge < -0.3 is 4.74 Å². The van der Waals surface area contributed by atoms with Crippen molar-refractivity contribution in [1.82, 2.24) is 0 Å². The Morgan fingerprint density at radius 2 is 1.59 bits per heavy atom. The minimum Gasteiger partial charge on any atom is -0.494 e. The van der Waals surface area contributed by atoms with E-state index >= 15 is 0 Å². The van der Waals surface area contributed by atoms with Gasteiger partial charge in [-0.1, -0.05) is 43.7 Å². The Balaban J connectivity index is 2.03. The number of rotatable bonds is 6. The summed E-state index contributed by atoms with van der Waals surface area (Å²) in [5.74, 6) is 0.203. The molecule has 2 aromatic rings. The van der Waals surface area contributed by atoms with Crippen molar-refractivity contribution in [3.8, 4) is 5.75 Å². The second-order valence-electron chi connectivity index (χ2n) is 6.61. The van der Waals surface area contributed by atoms with Crippen LogP contribution in [0.25, 0.3) is 5.57 Å². The molecule has 0 spiro atoms. The monoisotopic (exact) mass is 381 g/mol. The maximum atomic E-state index is 13.2. The molecule has 140 valence electrons. The summed E-state index contributed by atoms with van der Waals surface area (Å²) in [7, 11) is 0. The molecule has 27 heavy (non-hydrogen) atoms. The lowest BCUT2D eigenvalue weighted by Crippen LogP contribution is -2.31. The summed E-state index contributed by atoms with van der Waals surface area (Å²) >= 11 is 1.43. The van der Waals surface area contributed by atoms with Crippen molar-refractivity contribution in [3.63, 3.8) is 0 Å². The number of ether oxygens (including phenoxy) is 1. The van der Waals surface area contributed by atoms with Crippen LogP contribution in [0.3, 0.4) is 0 Å². The number of imide groups is 1. The Morgan fingerprint density at radius 1 is 0.963 bits per heavy atom. The number of thioether (sulfide) groups is 1. The van der Waals surface area contributed by atoms with Gasteiger partial charge in [0.1, 0.15) is 5.75 Å². The third-order valence-corrected chi connectivity index (χ3v) is 5.23. The molecule has 2 aromatic carbocycles. The van der Waals surface area contributed by atoms with Crippen molar-refractivity contribution < 1.29 is 14.3 Å². The molecule has 0 saturated heterocycles. The fourth-order valence-electron chi connectivity index (χ4n) is 2.92. The van der Waals surface area contributed by atoms with Crippen LogP contribution in [-0.4, -0.2) is 23.7 Å². The zero-order valence-corrected chi connectivity index (χ0v) is 16.8. The van der Waals surface area contributed by atoms with E-state index in [4.69, 9.17) is 4.74 Å². The van der Waals surface area contributed by atoms with Gasteiger partial charge in [0.2, 0.25) is 0 Å². The quantitative estimate of drug-likeness (QED) is 0.673. The number of carbonyl (C=O) groups is 2. The van der Waals surface area contributed by atoms with Crippen LogP contribution >= 0.6 is 11.8 Å². The van der Waals surface area contributed by atoms with Gasteiger partial charge in [0.05, 0.1) is 22.8 Å². The molecule has 0 bridgehead atoms. The fourth-order valence-corrected chi connectivity index (χ4v) is 3.91. The van der Waals surface area contributed by atoms with E-state index in [1.807, 2.05) is 76.2 Å².